The third kappa shape index (κ3) is 3.25. The molecular weight excluding hydrogens is 302 g/mol. The molecule has 0 bridgehead atoms. The highest BCUT2D eigenvalue weighted by atomic mass is 16.3. The second-order valence-electron chi connectivity index (χ2n) is 6.15. The van der Waals surface area contributed by atoms with Gasteiger partial charge in [0.1, 0.15) is 11.4 Å². The third-order valence-electron chi connectivity index (χ3n) is 4.08. The molecule has 3 aromatic rings. The number of para-hydroxylation sites is 1. The van der Waals surface area contributed by atoms with Gasteiger partial charge in [-0.3, -0.25) is 4.79 Å². The van der Waals surface area contributed by atoms with Gasteiger partial charge in [0.2, 0.25) is 0 Å². The molecule has 1 aromatic carbocycles. The lowest BCUT2D eigenvalue weighted by atomic mass is 10.1. The number of hydrogen-bond acceptors (Lipinski definition) is 3. The maximum atomic E-state index is 12.7. The molecule has 0 radical (unpaired) electrons. The van der Waals surface area contributed by atoms with Crippen LogP contribution in [0.15, 0.2) is 59.2 Å². The van der Waals surface area contributed by atoms with E-state index in [0.717, 1.165) is 5.69 Å². The maximum Gasteiger partial charge on any atom is 0.270 e. The van der Waals surface area contributed by atoms with E-state index in [2.05, 4.69) is 24.3 Å². The van der Waals surface area contributed by atoms with Gasteiger partial charge in [0.25, 0.3) is 5.91 Å². The Morgan fingerprint density at radius 1 is 1.12 bits per heavy atom. The highest BCUT2D eigenvalue weighted by Crippen LogP contribution is 2.22. The van der Waals surface area contributed by atoms with Gasteiger partial charge in [-0.15, -0.1) is 0 Å². The van der Waals surface area contributed by atoms with Crippen molar-refractivity contribution < 1.29 is 9.21 Å². The fourth-order valence-electron chi connectivity index (χ4n) is 2.30. The van der Waals surface area contributed by atoms with Crippen LogP contribution in [0.1, 0.15) is 31.3 Å². The third-order valence-corrected chi connectivity index (χ3v) is 4.08. The van der Waals surface area contributed by atoms with Gasteiger partial charge in [-0.25, -0.2) is 4.68 Å². The molecule has 0 aliphatic heterocycles. The number of benzene rings is 1. The molecule has 1 amide bonds. The Balaban J connectivity index is 2.01. The zero-order valence-electron chi connectivity index (χ0n) is 14.1. The van der Waals surface area contributed by atoms with Crippen molar-refractivity contribution in [3.05, 3.63) is 60.5 Å². The van der Waals surface area contributed by atoms with Crippen LogP contribution in [-0.2, 0) is 0 Å². The minimum atomic E-state index is -0.148. The van der Waals surface area contributed by atoms with Crippen molar-refractivity contribution in [2.75, 3.05) is 0 Å². The van der Waals surface area contributed by atoms with Crippen molar-refractivity contribution in [1.82, 2.24) is 15.1 Å². The lowest BCUT2D eigenvalue weighted by Gasteiger charge is -2.17. The van der Waals surface area contributed by atoms with E-state index in [0.29, 0.717) is 23.1 Å². The van der Waals surface area contributed by atoms with E-state index in [9.17, 15) is 4.79 Å². The van der Waals surface area contributed by atoms with Gasteiger partial charge in [-0.2, -0.15) is 5.10 Å². The molecule has 3 rings (SSSR count). The number of carbonyl (C=O) groups is 1. The number of aromatic nitrogens is 2. The van der Waals surface area contributed by atoms with Crippen LogP contribution >= 0.6 is 0 Å². The van der Waals surface area contributed by atoms with Crippen LogP contribution in [0.5, 0.6) is 0 Å². The maximum absolute atomic E-state index is 12.7. The van der Waals surface area contributed by atoms with Crippen LogP contribution in [0.25, 0.3) is 17.1 Å². The molecule has 1 atom stereocenters. The average molecular weight is 323 g/mol. The van der Waals surface area contributed by atoms with Gasteiger partial charge in [-0.1, -0.05) is 32.0 Å². The van der Waals surface area contributed by atoms with Gasteiger partial charge < -0.3 is 9.73 Å². The molecule has 0 spiro atoms. The molecule has 0 saturated heterocycles. The van der Waals surface area contributed by atoms with E-state index in [-0.39, 0.29) is 11.9 Å². The van der Waals surface area contributed by atoms with Gasteiger partial charge in [0.15, 0.2) is 5.76 Å². The van der Waals surface area contributed by atoms with Gasteiger partial charge in [0, 0.05) is 12.1 Å². The normalized spacial score (nSPS) is 12.3. The summed E-state index contributed by atoms with van der Waals surface area (Å²) in [4.78, 5) is 12.7. The van der Waals surface area contributed by atoms with Crippen molar-refractivity contribution >= 4 is 5.91 Å². The monoisotopic (exact) mass is 323 g/mol. The lowest BCUT2D eigenvalue weighted by molar-refractivity contribution is 0.0922. The minimum Gasteiger partial charge on any atom is -0.463 e. The van der Waals surface area contributed by atoms with Crippen molar-refractivity contribution in [3.8, 4) is 17.1 Å². The smallest absolute Gasteiger partial charge is 0.270 e. The van der Waals surface area contributed by atoms with E-state index >= 15 is 0 Å². The topological polar surface area (TPSA) is 60.1 Å². The number of carbonyl (C=O) groups excluding carboxylic acids is 1. The molecule has 0 aliphatic rings. The zero-order chi connectivity index (χ0) is 17.1. The molecule has 5 heteroatoms. The summed E-state index contributed by atoms with van der Waals surface area (Å²) in [6, 6.07) is 15.1. The fourth-order valence-corrected chi connectivity index (χ4v) is 2.30. The summed E-state index contributed by atoms with van der Waals surface area (Å²) in [5.41, 5.74) is 1.95. The summed E-state index contributed by atoms with van der Waals surface area (Å²) >= 11 is 0. The van der Waals surface area contributed by atoms with Crippen LogP contribution < -0.4 is 5.32 Å². The summed E-state index contributed by atoms with van der Waals surface area (Å²) in [6.07, 6.45) is 1.59. The number of hydrogen-bond donors (Lipinski definition) is 1. The number of nitrogens with one attached hydrogen (secondary N) is 1. The number of amides is 1. The number of rotatable bonds is 5. The SMILES string of the molecule is CC(C)C(C)NC(=O)c1cc(-c2ccco2)nn1-c1ccccc1. The van der Waals surface area contributed by atoms with E-state index in [4.69, 9.17) is 4.42 Å². The summed E-state index contributed by atoms with van der Waals surface area (Å²) in [7, 11) is 0. The first-order valence-corrected chi connectivity index (χ1v) is 8.06. The Morgan fingerprint density at radius 2 is 1.88 bits per heavy atom. The molecular formula is C19H21N3O2. The van der Waals surface area contributed by atoms with Crippen LogP contribution in [0, 0.1) is 5.92 Å². The van der Waals surface area contributed by atoms with Gasteiger partial charge >= 0.3 is 0 Å². The first kappa shape index (κ1) is 16.1. The summed E-state index contributed by atoms with van der Waals surface area (Å²) in [5.74, 6) is 0.840. The molecule has 0 aliphatic carbocycles. The first-order chi connectivity index (χ1) is 11.6. The highest BCUT2D eigenvalue weighted by molar-refractivity contribution is 5.94. The van der Waals surface area contributed by atoms with E-state index in [1.807, 2.05) is 43.3 Å². The van der Waals surface area contributed by atoms with Gasteiger partial charge in [-0.05, 0) is 37.1 Å². The predicted molar refractivity (Wildman–Crippen MR) is 93.0 cm³/mol. The zero-order valence-corrected chi connectivity index (χ0v) is 14.1. The van der Waals surface area contributed by atoms with E-state index < -0.39 is 0 Å². The molecule has 124 valence electrons. The Morgan fingerprint density at radius 3 is 2.50 bits per heavy atom. The van der Waals surface area contributed by atoms with Crippen molar-refractivity contribution in [1.29, 1.82) is 0 Å². The summed E-state index contributed by atoms with van der Waals surface area (Å²) < 4.78 is 7.07. The lowest BCUT2D eigenvalue weighted by Crippen LogP contribution is -2.37. The number of nitrogens with zero attached hydrogens (tertiary/aromatic N) is 2. The summed E-state index contributed by atoms with van der Waals surface area (Å²) in [6.45, 7) is 6.15. The quantitative estimate of drug-likeness (QED) is 0.774. The Hall–Kier alpha value is -2.82. The molecule has 24 heavy (non-hydrogen) atoms. The minimum absolute atomic E-state index is 0.0729. The molecule has 0 saturated carbocycles. The summed E-state index contributed by atoms with van der Waals surface area (Å²) in [5, 5.41) is 7.59. The predicted octanol–water partition coefficient (Wildman–Crippen LogP) is 3.91. The van der Waals surface area contributed by atoms with Crippen molar-refractivity contribution in [2.45, 2.75) is 26.8 Å². The Kier molecular flexibility index (Phi) is 4.51. The molecule has 1 N–H and O–H groups in total. The molecule has 5 nitrogen and oxygen atoms in total. The molecule has 1 unspecified atom stereocenters. The van der Waals surface area contributed by atoms with Crippen LogP contribution in [0.2, 0.25) is 0 Å². The fraction of sp³-hybridized carbons (Fsp3) is 0.263. The highest BCUT2D eigenvalue weighted by Gasteiger charge is 2.20. The average Bonchev–Trinajstić information content (AvgIpc) is 3.24. The number of furan rings is 1. The van der Waals surface area contributed by atoms with Crippen LogP contribution in [-0.4, -0.2) is 21.7 Å². The Labute approximate surface area is 141 Å². The van der Waals surface area contributed by atoms with Gasteiger partial charge in [0.05, 0.1) is 12.0 Å². The second-order valence-corrected chi connectivity index (χ2v) is 6.15. The first-order valence-electron chi connectivity index (χ1n) is 8.06. The standard InChI is InChI=1S/C19H21N3O2/c1-13(2)14(3)20-19(23)17-12-16(18-10-7-11-24-18)21-22(17)15-8-5-4-6-9-15/h4-14H,1-3H3,(H,20,23). The molecule has 2 heterocycles. The molecule has 2 aromatic heterocycles. The van der Waals surface area contributed by atoms with Crippen molar-refractivity contribution in [2.24, 2.45) is 5.92 Å². The van der Waals surface area contributed by atoms with Crippen molar-refractivity contribution in [3.63, 3.8) is 0 Å². The van der Waals surface area contributed by atoms with E-state index in [1.165, 1.54) is 0 Å². The van der Waals surface area contributed by atoms with Crippen LogP contribution in [0.4, 0.5) is 0 Å². The largest absolute Gasteiger partial charge is 0.463 e. The van der Waals surface area contributed by atoms with E-state index in [1.54, 1.807) is 23.1 Å². The second kappa shape index (κ2) is 6.74. The molecule has 0 fully saturated rings. The Bertz CT molecular complexity index is 805. The van der Waals surface area contributed by atoms with Crippen LogP contribution in [0.3, 0.4) is 0 Å².